The molecule has 0 aromatic heterocycles. The second-order valence-electron chi connectivity index (χ2n) is 29.3. The van der Waals surface area contributed by atoms with Gasteiger partial charge in [-0.15, -0.1) is 0 Å². The van der Waals surface area contributed by atoms with Gasteiger partial charge in [-0.1, -0.05) is 350 Å². The van der Waals surface area contributed by atoms with Gasteiger partial charge in [0.15, 0.2) is 12.2 Å². The summed E-state index contributed by atoms with van der Waals surface area (Å²) < 4.78 is 68.6. The van der Waals surface area contributed by atoms with Crippen LogP contribution in [0.15, 0.2) is 0 Å². The van der Waals surface area contributed by atoms with E-state index in [0.29, 0.717) is 31.6 Å². The summed E-state index contributed by atoms with van der Waals surface area (Å²) >= 11 is 0. The van der Waals surface area contributed by atoms with Crippen molar-refractivity contribution in [1.29, 1.82) is 0 Å². The number of ether oxygens (including phenoxy) is 4. The number of hydrogen-bond donors (Lipinski definition) is 3. The second kappa shape index (κ2) is 68.5. The number of hydrogen-bond acceptors (Lipinski definition) is 15. The molecule has 0 aliphatic rings. The van der Waals surface area contributed by atoms with E-state index in [-0.39, 0.29) is 25.7 Å². The lowest BCUT2D eigenvalue weighted by Gasteiger charge is -2.21. The molecule has 0 aliphatic heterocycles. The van der Waals surface area contributed by atoms with Crippen LogP contribution in [-0.2, 0) is 65.4 Å². The SMILES string of the molecule is CCCCCCCCCCCCCCC(=O)O[C@H](COC(=O)CCCCCCCCCC(C)C)COP(=O)(O)OC[C@H](O)COP(=O)(O)OC[C@@H](COC(=O)CCCCCCCCCCCCCCCCC(C)C)OC(=O)CCCCCCCCCCCCCCCCC(C)CC. The van der Waals surface area contributed by atoms with Crippen LogP contribution in [0.2, 0.25) is 0 Å². The Kier molecular flexibility index (Phi) is 67.1. The van der Waals surface area contributed by atoms with E-state index >= 15 is 0 Å². The van der Waals surface area contributed by atoms with E-state index in [0.717, 1.165) is 108 Å². The average Bonchev–Trinajstić information content (AvgIpc) is 1.37. The molecule has 0 aromatic carbocycles. The lowest BCUT2D eigenvalue weighted by atomic mass is 9.99. The Labute approximate surface area is 594 Å². The molecule has 19 heteroatoms. The minimum absolute atomic E-state index is 0.106. The van der Waals surface area contributed by atoms with Gasteiger partial charge in [-0.25, -0.2) is 9.13 Å². The first kappa shape index (κ1) is 95.1. The van der Waals surface area contributed by atoms with Crippen molar-refractivity contribution in [3.8, 4) is 0 Å². The normalized spacial score (nSPS) is 14.3. The van der Waals surface area contributed by atoms with Gasteiger partial charge in [-0.2, -0.15) is 0 Å². The van der Waals surface area contributed by atoms with E-state index in [1.807, 2.05) is 0 Å². The van der Waals surface area contributed by atoms with Crippen molar-refractivity contribution in [2.45, 2.75) is 420 Å². The Bertz CT molecular complexity index is 1890. The number of phosphoric acid groups is 2. The van der Waals surface area contributed by atoms with Gasteiger partial charge < -0.3 is 33.8 Å². The first-order chi connectivity index (χ1) is 46.8. The molecule has 3 unspecified atom stereocenters. The van der Waals surface area contributed by atoms with Gasteiger partial charge in [0.05, 0.1) is 26.4 Å². The monoisotopic (exact) mass is 1420 g/mol. The number of esters is 4. The lowest BCUT2D eigenvalue weighted by Crippen LogP contribution is -2.30. The van der Waals surface area contributed by atoms with Crippen LogP contribution in [0.25, 0.3) is 0 Å². The lowest BCUT2D eigenvalue weighted by molar-refractivity contribution is -0.161. The molecule has 0 radical (unpaired) electrons. The number of aliphatic hydroxyl groups excluding tert-OH is 1. The minimum Gasteiger partial charge on any atom is -0.462 e. The summed E-state index contributed by atoms with van der Waals surface area (Å²) in [5.74, 6) is 0.236. The number of carbonyl (C=O) groups is 4. The minimum atomic E-state index is -4.96. The summed E-state index contributed by atoms with van der Waals surface area (Å²) in [6, 6.07) is 0. The molecule has 576 valence electrons. The maximum absolute atomic E-state index is 13.1. The molecule has 0 saturated carbocycles. The summed E-state index contributed by atoms with van der Waals surface area (Å²) in [5, 5.41) is 10.6. The van der Waals surface area contributed by atoms with Gasteiger partial charge in [0.1, 0.15) is 19.3 Å². The molecule has 0 saturated heterocycles. The molecule has 0 aliphatic carbocycles. The summed E-state index contributed by atoms with van der Waals surface area (Å²) in [7, 11) is -9.91. The van der Waals surface area contributed by atoms with E-state index in [4.69, 9.17) is 37.0 Å². The van der Waals surface area contributed by atoms with Crippen molar-refractivity contribution in [2.24, 2.45) is 17.8 Å². The van der Waals surface area contributed by atoms with Crippen LogP contribution in [0.5, 0.6) is 0 Å². The fraction of sp³-hybridized carbons (Fsp3) is 0.949. The molecular formula is C78H152O17P2. The molecule has 97 heavy (non-hydrogen) atoms. The molecule has 0 heterocycles. The molecule has 6 atom stereocenters. The molecule has 0 amide bonds. The van der Waals surface area contributed by atoms with Crippen LogP contribution < -0.4 is 0 Å². The summed E-state index contributed by atoms with van der Waals surface area (Å²) in [5.41, 5.74) is 0. The molecule has 0 spiro atoms. The van der Waals surface area contributed by atoms with Gasteiger partial charge in [0.2, 0.25) is 0 Å². The number of carbonyl (C=O) groups excluding carboxylic acids is 4. The van der Waals surface area contributed by atoms with E-state index in [1.54, 1.807) is 0 Å². The third-order valence-corrected chi connectivity index (χ3v) is 20.4. The van der Waals surface area contributed by atoms with Gasteiger partial charge in [0.25, 0.3) is 0 Å². The quantitative estimate of drug-likeness (QED) is 0.0222. The highest BCUT2D eigenvalue weighted by molar-refractivity contribution is 7.47. The molecule has 0 aromatic rings. The van der Waals surface area contributed by atoms with Crippen LogP contribution in [0.4, 0.5) is 0 Å². The molecule has 0 bridgehead atoms. The maximum Gasteiger partial charge on any atom is 0.472 e. The average molecular weight is 1420 g/mol. The summed E-state index contributed by atoms with van der Waals surface area (Å²) in [6.45, 7) is 11.9. The van der Waals surface area contributed by atoms with Crippen LogP contribution in [-0.4, -0.2) is 96.7 Å². The zero-order chi connectivity index (χ0) is 71.6. The van der Waals surface area contributed by atoms with Gasteiger partial charge in [-0.05, 0) is 43.4 Å². The van der Waals surface area contributed by atoms with Gasteiger partial charge >= 0.3 is 39.5 Å². The highest BCUT2D eigenvalue weighted by Gasteiger charge is 2.30. The van der Waals surface area contributed by atoms with Crippen molar-refractivity contribution < 1.29 is 80.2 Å². The molecular weight excluding hydrogens is 1270 g/mol. The van der Waals surface area contributed by atoms with Gasteiger partial charge in [0, 0.05) is 25.7 Å². The molecule has 17 nitrogen and oxygen atoms in total. The largest absolute Gasteiger partial charge is 0.472 e. The third-order valence-electron chi connectivity index (χ3n) is 18.5. The Balaban J connectivity index is 5.24. The fourth-order valence-electron chi connectivity index (χ4n) is 11.9. The summed E-state index contributed by atoms with van der Waals surface area (Å²) in [6.07, 6.45) is 55.4. The maximum atomic E-state index is 13.1. The smallest absolute Gasteiger partial charge is 0.462 e. The second-order valence-corrected chi connectivity index (χ2v) is 32.2. The number of unbranched alkanes of at least 4 members (excludes halogenated alkanes) is 43. The van der Waals surface area contributed by atoms with Crippen molar-refractivity contribution in [1.82, 2.24) is 0 Å². The Morgan fingerprint density at radius 1 is 0.299 bits per heavy atom. The van der Waals surface area contributed by atoms with Gasteiger partial charge in [-0.3, -0.25) is 37.3 Å². The first-order valence-electron chi connectivity index (χ1n) is 40.4. The Hall–Kier alpha value is -1.94. The van der Waals surface area contributed by atoms with Crippen LogP contribution in [0.1, 0.15) is 402 Å². The number of rotatable bonds is 76. The first-order valence-corrected chi connectivity index (χ1v) is 43.4. The van der Waals surface area contributed by atoms with Crippen LogP contribution in [0, 0.1) is 17.8 Å². The number of phosphoric ester groups is 2. The molecule has 0 fully saturated rings. The number of aliphatic hydroxyl groups is 1. The van der Waals surface area contributed by atoms with Crippen molar-refractivity contribution in [3.05, 3.63) is 0 Å². The highest BCUT2D eigenvalue weighted by atomic mass is 31.2. The zero-order valence-corrected chi connectivity index (χ0v) is 65.3. The molecule has 3 N–H and O–H groups in total. The molecule has 0 rings (SSSR count). The highest BCUT2D eigenvalue weighted by Crippen LogP contribution is 2.45. The Morgan fingerprint density at radius 2 is 0.526 bits per heavy atom. The van der Waals surface area contributed by atoms with Crippen molar-refractivity contribution in [2.75, 3.05) is 39.6 Å². The standard InChI is InChI=1S/C78H152O17P2/c1-8-10-11-12-13-14-15-26-32-39-47-54-61-77(82)95-74(66-89-76(81)60-53-46-41-34-36-43-50-57-70(5)6)68-93-97(86,87)91-64-72(79)63-90-96(84,85)92-67-73(65-88-75(80)59-52-45-38-31-27-22-18-16-20-24-29-35-42-49-56-69(3)4)94-78(83)62-55-48-40-33-28-23-19-17-21-25-30-37-44-51-58-71(7)9-2/h69-74,79H,8-68H2,1-7H3,(H,84,85)(H,86,87)/t71?,72-,73-,74-/m1/s1. The van der Waals surface area contributed by atoms with E-state index in [1.165, 1.54) is 205 Å². The van der Waals surface area contributed by atoms with E-state index < -0.39 is 97.5 Å². The van der Waals surface area contributed by atoms with E-state index in [2.05, 4.69) is 48.5 Å². The third kappa shape index (κ3) is 70.9. The topological polar surface area (TPSA) is 237 Å². The fourth-order valence-corrected chi connectivity index (χ4v) is 13.5. The predicted molar refractivity (Wildman–Crippen MR) is 395 cm³/mol. The van der Waals surface area contributed by atoms with Crippen molar-refractivity contribution >= 4 is 39.5 Å². The van der Waals surface area contributed by atoms with Crippen LogP contribution >= 0.6 is 15.6 Å². The van der Waals surface area contributed by atoms with E-state index in [9.17, 15) is 43.2 Å². The van der Waals surface area contributed by atoms with Crippen LogP contribution in [0.3, 0.4) is 0 Å². The Morgan fingerprint density at radius 3 is 0.784 bits per heavy atom. The predicted octanol–water partition coefficient (Wildman–Crippen LogP) is 23.0. The van der Waals surface area contributed by atoms with Crippen molar-refractivity contribution in [3.63, 3.8) is 0 Å². The summed E-state index contributed by atoms with van der Waals surface area (Å²) in [4.78, 5) is 72.9. The zero-order valence-electron chi connectivity index (χ0n) is 63.5.